The van der Waals surface area contributed by atoms with Crippen molar-refractivity contribution >= 4 is 28.0 Å². The zero-order valence-corrected chi connectivity index (χ0v) is 14.6. The number of halogens is 1. The maximum Gasteiger partial charge on any atom is 0.331 e. The third kappa shape index (κ3) is 3.41. The molecule has 0 atom stereocenters. The van der Waals surface area contributed by atoms with Crippen LogP contribution in [0.25, 0.3) is 6.08 Å². The lowest BCUT2D eigenvalue weighted by atomic mass is 10.2. The van der Waals surface area contributed by atoms with Gasteiger partial charge in [-0.1, -0.05) is 22.0 Å². The second-order valence-corrected chi connectivity index (χ2v) is 6.20. The highest BCUT2D eigenvalue weighted by molar-refractivity contribution is 9.10. The fourth-order valence-corrected chi connectivity index (χ4v) is 2.88. The van der Waals surface area contributed by atoms with Gasteiger partial charge in [0.1, 0.15) is 6.61 Å². The van der Waals surface area contributed by atoms with Crippen LogP contribution >= 0.6 is 15.9 Å². The Balaban J connectivity index is 1.38. The third-order valence-electron chi connectivity index (χ3n) is 3.72. The fraction of sp³-hybridized carbons (Fsp3) is 0.167. The van der Waals surface area contributed by atoms with Crippen LogP contribution in [0.15, 0.2) is 40.9 Å². The molecule has 2 aliphatic heterocycles. The summed E-state index contributed by atoms with van der Waals surface area (Å²) in [6.45, 7) is 0.541. The van der Waals surface area contributed by atoms with Crippen LogP contribution in [-0.4, -0.2) is 19.6 Å². The van der Waals surface area contributed by atoms with Gasteiger partial charge in [0.05, 0.1) is 0 Å². The summed E-state index contributed by atoms with van der Waals surface area (Å²) < 4.78 is 27.2. The van der Waals surface area contributed by atoms with E-state index in [0.29, 0.717) is 23.0 Å². The van der Waals surface area contributed by atoms with Gasteiger partial charge in [-0.05, 0) is 35.9 Å². The molecule has 0 spiro atoms. The molecular formula is C18H13BrO6. The first-order chi connectivity index (χ1) is 12.2. The van der Waals surface area contributed by atoms with Crippen LogP contribution in [0.4, 0.5) is 0 Å². The van der Waals surface area contributed by atoms with Crippen molar-refractivity contribution in [3.05, 3.63) is 52.0 Å². The maximum atomic E-state index is 11.9. The van der Waals surface area contributed by atoms with Crippen LogP contribution in [-0.2, 0) is 16.1 Å². The SMILES string of the molecule is O=C(/C=C/c1ccc2c(c1)OCO2)OCc1cc2c(cc1Br)OCO2. The third-order valence-corrected chi connectivity index (χ3v) is 4.46. The molecular weight excluding hydrogens is 392 g/mol. The molecule has 4 rings (SSSR count). The van der Waals surface area contributed by atoms with Crippen LogP contribution in [0, 0.1) is 0 Å². The first kappa shape index (κ1) is 15.8. The zero-order valence-electron chi connectivity index (χ0n) is 13.0. The highest BCUT2D eigenvalue weighted by Crippen LogP contribution is 2.37. The summed E-state index contributed by atoms with van der Waals surface area (Å²) in [5, 5.41) is 0. The van der Waals surface area contributed by atoms with Gasteiger partial charge in [-0.25, -0.2) is 4.79 Å². The molecule has 6 nitrogen and oxygen atoms in total. The molecule has 2 aliphatic rings. The minimum absolute atomic E-state index is 0.127. The Kier molecular flexibility index (Phi) is 4.23. The van der Waals surface area contributed by atoms with Gasteiger partial charge in [-0.3, -0.25) is 0 Å². The van der Waals surface area contributed by atoms with E-state index in [1.54, 1.807) is 30.3 Å². The Labute approximate surface area is 152 Å². The van der Waals surface area contributed by atoms with E-state index in [1.165, 1.54) is 6.08 Å². The van der Waals surface area contributed by atoms with Crippen LogP contribution in [0.3, 0.4) is 0 Å². The van der Waals surface area contributed by atoms with Gasteiger partial charge in [0, 0.05) is 16.1 Å². The lowest BCUT2D eigenvalue weighted by molar-refractivity contribution is -0.138. The first-order valence-electron chi connectivity index (χ1n) is 7.51. The van der Waals surface area contributed by atoms with Crippen molar-refractivity contribution in [2.24, 2.45) is 0 Å². The minimum atomic E-state index is -0.442. The van der Waals surface area contributed by atoms with Crippen LogP contribution in [0.1, 0.15) is 11.1 Å². The van der Waals surface area contributed by atoms with Crippen molar-refractivity contribution in [1.82, 2.24) is 0 Å². The molecule has 0 aromatic heterocycles. The highest BCUT2D eigenvalue weighted by Gasteiger charge is 2.17. The van der Waals surface area contributed by atoms with Gasteiger partial charge in [-0.15, -0.1) is 0 Å². The van der Waals surface area contributed by atoms with E-state index in [0.717, 1.165) is 15.6 Å². The van der Waals surface area contributed by atoms with Crippen molar-refractivity contribution in [2.45, 2.75) is 6.61 Å². The summed E-state index contributed by atoms with van der Waals surface area (Å²) in [5.74, 6) is 2.24. The van der Waals surface area contributed by atoms with Crippen molar-refractivity contribution in [3.63, 3.8) is 0 Å². The predicted octanol–water partition coefficient (Wildman–Crippen LogP) is 3.66. The van der Waals surface area contributed by atoms with E-state index in [2.05, 4.69) is 15.9 Å². The number of esters is 1. The molecule has 0 bridgehead atoms. The van der Waals surface area contributed by atoms with Crippen LogP contribution < -0.4 is 18.9 Å². The van der Waals surface area contributed by atoms with E-state index in [4.69, 9.17) is 23.7 Å². The summed E-state index contributed by atoms with van der Waals surface area (Å²) in [4.78, 5) is 11.9. The second-order valence-electron chi connectivity index (χ2n) is 5.35. The average molecular weight is 405 g/mol. The van der Waals surface area contributed by atoms with E-state index < -0.39 is 5.97 Å². The number of carbonyl (C=O) groups is 1. The van der Waals surface area contributed by atoms with E-state index in [9.17, 15) is 4.79 Å². The summed E-state index contributed by atoms with van der Waals surface area (Å²) in [6, 6.07) is 9.04. The Bertz CT molecular complexity index is 861. The quantitative estimate of drug-likeness (QED) is 0.572. The lowest BCUT2D eigenvalue weighted by Crippen LogP contribution is -2.01. The number of hydrogen-bond donors (Lipinski definition) is 0. The van der Waals surface area contributed by atoms with Crippen molar-refractivity contribution < 1.29 is 28.5 Å². The maximum absolute atomic E-state index is 11.9. The number of fused-ring (bicyclic) bond motifs is 2. The minimum Gasteiger partial charge on any atom is -0.458 e. The Morgan fingerprint density at radius 2 is 1.68 bits per heavy atom. The fourth-order valence-electron chi connectivity index (χ4n) is 2.45. The average Bonchev–Trinajstić information content (AvgIpc) is 3.25. The summed E-state index contributed by atoms with van der Waals surface area (Å²) >= 11 is 3.43. The number of rotatable bonds is 4. The molecule has 25 heavy (non-hydrogen) atoms. The lowest BCUT2D eigenvalue weighted by Gasteiger charge is -2.06. The van der Waals surface area contributed by atoms with Crippen molar-refractivity contribution in [2.75, 3.05) is 13.6 Å². The largest absolute Gasteiger partial charge is 0.458 e. The molecule has 0 fully saturated rings. The topological polar surface area (TPSA) is 63.2 Å². The Hall–Kier alpha value is -2.67. The summed E-state index contributed by atoms with van der Waals surface area (Å²) in [5.41, 5.74) is 1.62. The standard InChI is InChI=1S/C18H13BrO6/c19-13-7-17-16(24-10-25-17)6-12(13)8-21-18(20)4-2-11-1-3-14-15(5-11)23-9-22-14/h1-7H,8-10H2/b4-2+. The number of hydrogen-bond acceptors (Lipinski definition) is 6. The first-order valence-corrected chi connectivity index (χ1v) is 8.31. The van der Waals surface area contributed by atoms with Crippen molar-refractivity contribution in [1.29, 1.82) is 0 Å². The molecule has 2 heterocycles. The molecule has 0 saturated carbocycles. The van der Waals surface area contributed by atoms with E-state index in [-0.39, 0.29) is 20.2 Å². The van der Waals surface area contributed by atoms with E-state index in [1.807, 2.05) is 6.07 Å². The molecule has 0 unspecified atom stereocenters. The van der Waals surface area contributed by atoms with E-state index >= 15 is 0 Å². The molecule has 0 N–H and O–H groups in total. The summed E-state index contributed by atoms with van der Waals surface area (Å²) in [6.07, 6.45) is 3.04. The Morgan fingerprint density at radius 1 is 1.00 bits per heavy atom. The molecule has 0 radical (unpaired) electrons. The van der Waals surface area contributed by atoms with Gasteiger partial charge in [0.2, 0.25) is 13.6 Å². The highest BCUT2D eigenvalue weighted by atomic mass is 79.9. The van der Waals surface area contributed by atoms with Crippen LogP contribution in [0.5, 0.6) is 23.0 Å². The molecule has 2 aromatic carbocycles. The number of ether oxygens (including phenoxy) is 5. The Morgan fingerprint density at radius 3 is 2.48 bits per heavy atom. The number of benzene rings is 2. The molecule has 0 amide bonds. The second kappa shape index (κ2) is 6.68. The van der Waals surface area contributed by atoms with Gasteiger partial charge in [0.25, 0.3) is 0 Å². The monoisotopic (exact) mass is 404 g/mol. The molecule has 0 aliphatic carbocycles. The number of carbonyl (C=O) groups excluding carboxylic acids is 1. The van der Waals surface area contributed by atoms with Gasteiger partial charge >= 0.3 is 5.97 Å². The van der Waals surface area contributed by atoms with Crippen molar-refractivity contribution in [3.8, 4) is 23.0 Å². The molecule has 2 aromatic rings. The normalized spacial score (nSPS) is 14.1. The predicted molar refractivity (Wildman–Crippen MR) is 91.7 cm³/mol. The van der Waals surface area contributed by atoms with Gasteiger partial charge in [0.15, 0.2) is 23.0 Å². The smallest absolute Gasteiger partial charge is 0.331 e. The summed E-state index contributed by atoms with van der Waals surface area (Å²) in [7, 11) is 0. The molecule has 0 saturated heterocycles. The molecule has 7 heteroatoms. The van der Waals surface area contributed by atoms with Gasteiger partial charge < -0.3 is 23.7 Å². The zero-order chi connectivity index (χ0) is 17.2. The van der Waals surface area contributed by atoms with Crippen LogP contribution in [0.2, 0.25) is 0 Å². The van der Waals surface area contributed by atoms with Gasteiger partial charge in [-0.2, -0.15) is 0 Å². The molecule has 128 valence electrons.